The van der Waals surface area contributed by atoms with E-state index >= 15 is 0 Å². The predicted molar refractivity (Wildman–Crippen MR) is 118 cm³/mol. The second-order valence-electron chi connectivity index (χ2n) is 6.54. The number of para-hydroxylation sites is 1. The zero-order valence-electron chi connectivity index (χ0n) is 16.7. The summed E-state index contributed by atoms with van der Waals surface area (Å²) in [5.41, 5.74) is 8.46. The molecule has 11 heteroatoms. The molecule has 9 nitrogen and oxygen atoms in total. The minimum atomic E-state index is -0.375. The minimum absolute atomic E-state index is 0.108. The summed E-state index contributed by atoms with van der Waals surface area (Å²) < 4.78 is 14.8. The molecule has 0 amide bonds. The molecule has 0 unspecified atom stereocenters. The van der Waals surface area contributed by atoms with Crippen LogP contribution in [0.3, 0.4) is 0 Å². The predicted octanol–water partition coefficient (Wildman–Crippen LogP) is 3.16. The number of anilines is 3. The first kappa shape index (κ1) is 20.5. The van der Waals surface area contributed by atoms with Crippen LogP contribution in [0.15, 0.2) is 53.7 Å². The molecule has 158 valence electrons. The fourth-order valence-corrected chi connectivity index (χ4v) is 3.67. The van der Waals surface area contributed by atoms with E-state index in [-0.39, 0.29) is 11.8 Å². The molecular formula is C20H20FN9S. The summed E-state index contributed by atoms with van der Waals surface area (Å²) in [6, 6.07) is 13.9. The molecule has 0 aliphatic rings. The third-order valence-corrected chi connectivity index (χ3v) is 5.36. The molecule has 2 heterocycles. The number of aryl methyl sites for hydroxylation is 1. The summed E-state index contributed by atoms with van der Waals surface area (Å²) >= 11 is 1.29. The third-order valence-electron chi connectivity index (χ3n) is 4.42. The zero-order chi connectivity index (χ0) is 21.8. The van der Waals surface area contributed by atoms with Gasteiger partial charge in [0.25, 0.3) is 0 Å². The van der Waals surface area contributed by atoms with E-state index in [2.05, 4.69) is 37.4 Å². The number of aromatic nitrogens is 6. The zero-order valence-corrected chi connectivity index (χ0v) is 17.5. The van der Waals surface area contributed by atoms with Gasteiger partial charge in [-0.3, -0.25) is 0 Å². The summed E-state index contributed by atoms with van der Waals surface area (Å²) in [7, 11) is 0. The van der Waals surface area contributed by atoms with Crippen molar-refractivity contribution in [3.05, 3.63) is 65.7 Å². The molecular weight excluding hydrogens is 417 g/mol. The van der Waals surface area contributed by atoms with Crippen LogP contribution in [0.1, 0.15) is 18.3 Å². The fraction of sp³-hybridized carbons (Fsp3) is 0.150. The Balaban J connectivity index is 1.51. The number of benzene rings is 2. The van der Waals surface area contributed by atoms with Crippen LogP contribution in [-0.4, -0.2) is 29.8 Å². The molecule has 0 aliphatic heterocycles. The second kappa shape index (κ2) is 8.96. The Morgan fingerprint density at radius 1 is 1.06 bits per heavy atom. The summed E-state index contributed by atoms with van der Waals surface area (Å²) in [5.74, 6) is 7.36. The molecule has 0 bridgehead atoms. The Kier molecular flexibility index (Phi) is 5.94. The van der Waals surface area contributed by atoms with Gasteiger partial charge in [0, 0.05) is 11.3 Å². The first-order chi connectivity index (χ1) is 15.0. The van der Waals surface area contributed by atoms with Crippen LogP contribution in [0.4, 0.5) is 22.0 Å². The van der Waals surface area contributed by atoms with Crippen molar-refractivity contribution in [2.45, 2.75) is 24.3 Å². The molecule has 0 fully saturated rings. The average molecular weight is 438 g/mol. The Bertz CT molecular complexity index is 1210. The third kappa shape index (κ3) is 4.72. The summed E-state index contributed by atoms with van der Waals surface area (Å²) in [6.45, 7) is 2.07. The molecule has 2 aromatic carbocycles. The number of nitrogen functional groups attached to an aromatic ring is 2. The average Bonchev–Trinajstić information content (AvgIpc) is 3.12. The molecule has 4 aromatic rings. The van der Waals surface area contributed by atoms with Crippen LogP contribution in [0.2, 0.25) is 0 Å². The summed E-state index contributed by atoms with van der Waals surface area (Å²) in [4.78, 5) is 12.8. The number of hydrogen-bond acceptors (Lipinski definition) is 9. The molecule has 0 saturated heterocycles. The molecule has 0 spiro atoms. The van der Waals surface area contributed by atoms with Crippen molar-refractivity contribution >= 4 is 29.3 Å². The molecule has 31 heavy (non-hydrogen) atoms. The van der Waals surface area contributed by atoms with Crippen molar-refractivity contribution in [3.63, 3.8) is 0 Å². The van der Waals surface area contributed by atoms with E-state index in [0.29, 0.717) is 34.1 Å². The fourth-order valence-electron chi connectivity index (χ4n) is 2.96. The normalized spacial score (nSPS) is 10.9. The van der Waals surface area contributed by atoms with E-state index in [1.807, 2.05) is 24.3 Å². The van der Waals surface area contributed by atoms with E-state index in [1.165, 1.54) is 28.6 Å². The highest BCUT2D eigenvalue weighted by Crippen LogP contribution is 2.25. The van der Waals surface area contributed by atoms with E-state index in [4.69, 9.17) is 11.6 Å². The van der Waals surface area contributed by atoms with Crippen LogP contribution in [0.25, 0.3) is 11.4 Å². The lowest BCUT2D eigenvalue weighted by molar-refractivity contribution is 0.628. The van der Waals surface area contributed by atoms with Crippen LogP contribution in [0, 0.1) is 5.82 Å². The standard InChI is InChI=1S/C20H20FN9S/c1-2-12-6-3-4-9-15(12)24-19-26-16(25-18(22)27-19)11-31-20-29-28-17(30(20)23)13-7-5-8-14(21)10-13/h3-10H,2,11,23H2,1H3,(H3,22,24,25,26,27). The van der Waals surface area contributed by atoms with Crippen LogP contribution in [-0.2, 0) is 12.2 Å². The molecule has 5 N–H and O–H groups in total. The number of halogens is 1. The SMILES string of the molecule is CCc1ccccc1Nc1nc(N)nc(CSc2nnc(-c3cccc(F)c3)n2N)n1. The number of hydrogen-bond donors (Lipinski definition) is 3. The van der Waals surface area contributed by atoms with Gasteiger partial charge < -0.3 is 16.9 Å². The van der Waals surface area contributed by atoms with Crippen LogP contribution in [0.5, 0.6) is 0 Å². The monoisotopic (exact) mass is 437 g/mol. The van der Waals surface area contributed by atoms with E-state index in [9.17, 15) is 4.39 Å². The van der Waals surface area contributed by atoms with Crippen molar-refractivity contribution < 1.29 is 4.39 Å². The van der Waals surface area contributed by atoms with Gasteiger partial charge in [-0.25, -0.2) is 9.07 Å². The largest absolute Gasteiger partial charge is 0.368 e. The van der Waals surface area contributed by atoms with Crippen LogP contribution >= 0.6 is 11.8 Å². The van der Waals surface area contributed by atoms with Gasteiger partial charge in [-0.15, -0.1) is 10.2 Å². The van der Waals surface area contributed by atoms with E-state index in [0.717, 1.165) is 17.7 Å². The molecule has 0 radical (unpaired) electrons. The van der Waals surface area contributed by atoms with Gasteiger partial charge in [0.1, 0.15) is 11.6 Å². The number of thioether (sulfide) groups is 1. The molecule has 2 aromatic heterocycles. The molecule has 0 atom stereocenters. The van der Waals surface area contributed by atoms with Crippen LogP contribution < -0.4 is 16.9 Å². The van der Waals surface area contributed by atoms with Gasteiger partial charge in [-0.2, -0.15) is 15.0 Å². The molecule has 4 rings (SSSR count). The number of rotatable bonds is 7. The number of nitrogens with two attached hydrogens (primary N) is 2. The van der Waals surface area contributed by atoms with Crippen molar-refractivity contribution in [3.8, 4) is 11.4 Å². The Labute approximate surface area is 182 Å². The maximum Gasteiger partial charge on any atom is 0.232 e. The highest BCUT2D eigenvalue weighted by molar-refractivity contribution is 7.98. The van der Waals surface area contributed by atoms with Crippen molar-refractivity contribution in [2.24, 2.45) is 0 Å². The Morgan fingerprint density at radius 2 is 1.90 bits per heavy atom. The maximum atomic E-state index is 13.5. The van der Waals surface area contributed by atoms with E-state index < -0.39 is 0 Å². The lowest BCUT2D eigenvalue weighted by atomic mass is 10.1. The highest BCUT2D eigenvalue weighted by atomic mass is 32.2. The van der Waals surface area contributed by atoms with Gasteiger partial charge in [0.2, 0.25) is 17.1 Å². The van der Waals surface area contributed by atoms with Gasteiger partial charge in [0.05, 0.1) is 5.75 Å². The lowest BCUT2D eigenvalue weighted by Gasteiger charge is -2.10. The quantitative estimate of drug-likeness (QED) is 0.294. The number of nitrogens with one attached hydrogen (secondary N) is 1. The lowest BCUT2D eigenvalue weighted by Crippen LogP contribution is -2.12. The smallest absolute Gasteiger partial charge is 0.232 e. The second-order valence-corrected chi connectivity index (χ2v) is 7.49. The Hall–Kier alpha value is -3.73. The van der Waals surface area contributed by atoms with Crippen molar-refractivity contribution in [1.82, 2.24) is 29.8 Å². The summed E-state index contributed by atoms with van der Waals surface area (Å²) in [5, 5.41) is 11.8. The summed E-state index contributed by atoms with van der Waals surface area (Å²) in [6.07, 6.45) is 0.867. The first-order valence-electron chi connectivity index (χ1n) is 9.48. The van der Waals surface area contributed by atoms with Gasteiger partial charge in [-0.1, -0.05) is 49.0 Å². The van der Waals surface area contributed by atoms with E-state index in [1.54, 1.807) is 12.1 Å². The molecule has 0 saturated carbocycles. The van der Waals surface area contributed by atoms with Crippen molar-refractivity contribution in [1.29, 1.82) is 0 Å². The van der Waals surface area contributed by atoms with Gasteiger partial charge >= 0.3 is 0 Å². The van der Waals surface area contributed by atoms with Gasteiger partial charge in [-0.05, 0) is 30.2 Å². The topological polar surface area (TPSA) is 133 Å². The van der Waals surface area contributed by atoms with Crippen molar-refractivity contribution in [2.75, 3.05) is 16.9 Å². The first-order valence-corrected chi connectivity index (χ1v) is 10.5. The minimum Gasteiger partial charge on any atom is -0.368 e. The number of nitrogens with zero attached hydrogens (tertiary/aromatic N) is 6. The molecule has 0 aliphatic carbocycles. The highest BCUT2D eigenvalue weighted by Gasteiger charge is 2.14. The van der Waals surface area contributed by atoms with Gasteiger partial charge in [0.15, 0.2) is 5.82 Å². The maximum absolute atomic E-state index is 13.5. The Morgan fingerprint density at radius 3 is 2.71 bits per heavy atom.